The van der Waals surface area contributed by atoms with E-state index in [1.165, 1.54) is 5.56 Å². The van der Waals surface area contributed by atoms with Crippen LogP contribution in [0, 0.1) is 13.8 Å². The summed E-state index contributed by atoms with van der Waals surface area (Å²) < 4.78 is 0. The lowest BCUT2D eigenvalue weighted by Gasteiger charge is -2.30. The lowest BCUT2D eigenvalue weighted by Crippen LogP contribution is -2.39. The maximum atomic E-state index is 13.2. The van der Waals surface area contributed by atoms with Crippen LogP contribution in [0.5, 0.6) is 0 Å². The number of pyridine rings is 1. The summed E-state index contributed by atoms with van der Waals surface area (Å²) in [5.41, 5.74) is 8.94. The topological polar surface area (TPSA) is 71.0 Å². The maximum absolute atomic E-state index is 13.2. The number of hydrogen-bond acceptors (Lipinski definition) is 4. The molecule has 6 nitrogen and oxygen atoms in total. The molecule has 0 spiro atoms. The van der Waals surface area contributed by atoms with Gasteiger partial charge in [0.1, 0.15) is 0 Å². The minimum Gasteiger partial charge on any atom is -0.320 e. The first-order valence-corrected chi connectivity index (χ1v) is 12.1. The SMILES string of the molecule is CCc1cccc(NC(=O)N2CCc3nc(-c4ccc(C)nc4)nc(-c4ccccc4C)c3C2)c1. The van der Waals surface area contributed by atoms with Gasteiger partial charge in [0.05, 0.1) is 17.9 Å². The van der Waals surface area contributed by atoms with E-state index in [4.69, 9.17) is 9.97 Å². The Balaban J connectivity index is 1.51. The highest BCUT2D eigenvalue weighted by atomic mass is 16.2. The molecule has 0 radical (unpaired) electrons. The molecule has 6 heteroatoms. The zero-order chi connectivity index (χ0) is 24.4. The molecule has 0 atom stereocenters. The van der Waals surface area contributed by atoms with Crippen LogP contribution < -0.4 is 5.32 Å². The van der Waals surface area contributed by atoms with Gasteiger partial charge in [0, 0.05) is 47.2 Å². The van der Waals surface area contributed by atoms with Gasteiger partial charge >= 0.3 is 6.03 Å². The fourth-order valence-electron chi connectivity index (χ4n) is 4.45. The normalized spacial score (nSPS) is 12.8. The predicted molar refractivity (Wildman–Crippen MR) is 139 cm³/mol. The van der Waals surface area contributed by atoms with E-state index in [-0.39, 0.29) is 6.03 Å². The summed E-state index contributed by atoms with van der Waals surface area (Å²) in [5.74, 6) is 0.670. The average molecular weight is 464 g/mol. The van der Waals surface area contributed by atoms with Crippen LogP contribution in [0.2, 0.25) is 0 Å². The number of amides is 2. The second-order valence-corrected chi connectivity index (χ2v) is 8.98. The van der Waals surface area contributed by atoms with Crippen LogP contribution in [0.1, 0.15) is 35.0 Å². The molecule has 176 valence electrons. The number of hydrogen-bond donors (Lipinski definition) is 1. The van der Waals surface area contributed by atoms with Crippen molar-refractivity contribution in [2.45, 2.75) is 40.2 Å². The van der Waals surface area contributed by atoms with Crippen LogP contribution in [0.3, 0.4) is 0 Å². The summed E-state index contributed by atoms with van der Waals surface area (Å²) in [6.07, 6.45) is 3.42. The van der Waals surface area contributed by atoms with Crippen LogP contribution in [-0.4, -0.2) is 32.4 Å². The van der Waals surface area contributed by atoms with Crippen molar-refractivity contribution in [3.05, 3.63) is 94.9 Å². The number of anilines is 1. The van der Waals surface area contributed by atoms with Gasteiger partial charge in [0.15, 0.2) is 5.82 Å². The fourth-order valence-corrected chi connectivity index (χ4v) is 4.45. The van der Waals surface area contributed by atoms with E-state index in [9.17, 15) is 4.79 Å². The van der Waals surface area contributed by atoms with Crippen molar-refractivity contribution in [3.63, 3.8) is 0 Å². The Morgan fingerprint density at radius 3 is 2.66 bits per heavy atom. The molecule has 0 fully saturated rings. The summed E-state index contributed by atoms with van der Waals surface area (Å²) >= 11 is 0. The molecule has 0 bridgehead atoms. The Bertz CT molecular complexity index is 1380. The van der Waals surface area contributed by atoms with Crippen LogP contribution in [-0.2, 0) is 19.4 Å². The second-order valence-electron chi connectivity index (χ2n) is 8.98. The van der Waals surface area contributed by atoms with Crippen LogP contribution in [0.4, 0.5) is 10.5 Å². The van der Waals surface area contributed by atoms with Gasteiger partial charge < -0.3 is 10.2 Å². The maximum Gasteiger partial charge on any atom is 0.322 e. The molecule has 2 aromatic heterocycles. The van der Waals surface area contributed by atoms with Crippen molar-refractivity contribution in [1.29, 1.82) is 0 Å². The largest absolute Gasteiger partial charge is 0.322 e. The van der Waals surface area contributed by atoms with E-state index in [1.54, 1.807) is 0 Å². The van der Waals surface area contributed by atoms with E-state index in [0.717, 1.165) is 51.4 Å². The predicted octanol–water partition coefficient (Wildman–Crippen LogP) is 5.98. The van der Waals surface area contributed by atoms with E-state index in [0.29, 0.717) is 25.3 Å². The standard InChI is InChI=1S/C29H29N5O/c1-4-21-9-7-10-23(16-21)31-29(35)34-15-14-26-25(18-34)27(24-11-6-5-8-19(24)2)33-28(32-26)22-13-12-20(3)30-17-22/h5-13,16-17H,4,14-15,18H2,1-3H3,(H,31,35). The van der Waals surface area contributed by atoms with Crippen LogP contribution in [0.25, 0.3) is 22.6 Å². The Morgan fingerprint density at radius 2 is 1.89 bits per heavy atom. The summed E-state index contributed by atoms with van der Waals surface area (Å²) in [4.78, 5) is 29.4. The first kappa shape index (κ1) is 22.7. The number of aromatic nitrogens is 3. The van der Waals surface area contributed by atoms with Crippen molar-refractivity contribution in [3.8, 4) is 22.6 Å². The zero-order valence-corrected chi connectivity index (χ0v) is 20.4. The highest BCUT2D eigenvalue weighted by molar-refractivity contribution is 5.89. The van der Waals surface area contributed by atoms with Gasteiger partial charge in [-0.2, -0.15) is 0 Å². The number of nitrogens with one attached hydrogen (secondary N) is 1. The molecule has 3 heterocycles. The van der Waals surface area contributed by atoms with Crippen molar-refractivity contribution in [2.24, 2.45) is 0 Å². The quantitative estimate of drug-likeness (QED) is 0.404. The molecular weight excluding hydrogens is 434 g/mol. The summed E-state index contributed by atoms with van der Waals surface area (Å²) in [6.45, 7) is 7.22. The minimum absolute atomic E-state index is 0.105. The molecular formula is C29H29N5O. The third-order valence-electron chi connectivity index (χ3n) is 6.50. The van der Waals surface area contributed by atoms with E-state index < -0.39 is 0 Å². The molecule has 35 heavy (non-hydrogen) atoms. The summed E-state index contributed by atoms with van der Waals surface area (Å²) in [5, 5.41) is 3.07. The van der Waals surface area contributed by atoms with Gasteiger partial charge in [0.25, 0.3) is 0 Å². The highest BCUT2D eigenvalue weighted by Crippen LogP contribution is 2.32. The molecule has 1 N–H and O–H groups in total. The number of urea groups is 1. The second kappa shape index (κ2) is 9.66. The van der Waals surface area contributed by atoms with Gasteiger partial charge in [-0.3, -0.25) is 4.98 Å². The third kappa shape index (κ3) is 4.78. The van der Waals surface area contributed by atoms with Crippen molar-refractivity contribution < 1.29 is 4.79 Å². The molecule has 1 aliphatic heterocycles. The Labute approximate surface area is 206 Å². The van der Waals surface area contributed by atoms with Gasteiger partial charge in [-0.05, 0) is 55.7 Å². The fraction of sp³-hybridized carbons (Fsp3) is 0.241. The first-order chi connectivity index (χ1) is 17.0. The molecule has 0 saturated heterocycles. The molecule has 5 rings (SSSR count). The molecule has 0 aliphatic carbocycles. The molecule has 0 saturated carbocycles. The third-order valence-corrected chi connectivity index (χ3v) is 6.50. The smallest absolute Gasteiger partial charge is 0.320 e. The van der Waals surface area contributed by atoms with Gasteiger partial charge in [0.2, 0.25) is 0 Å². The number of nitrogens with zero attached hydrogens (tertiary/aromatic N) is 4. The number of aryl methyl sites for hydroxylation is 3. The lowest BCUT2D eigenvalue weighted by molar-refractivity contribution is 0.206. The number of benzene rings is 2. The molecule has 0 unspecified atom stereocenters. The number of rotatable bonds is 4. The molecule has 4 aromatic rings. The van der Waals surface area contributed by atoms with Crippen LogP contribution in [0.15, 0.2) is 66.9 Å². The molecule has 1 aliphatic rings. The molecule has 2 aromatic carbocycles. The van der Waals surface area contributed by atoms with Gasteiger partial charge in [-0.15, -0.1) is 0 Å². The van der Waals surface area contributed by atoms with Crippen molar-refractivity contribution in [2.75, 3.05) is 11.9 Å². The monoisotopic (exact) mass is 463 g/mol. The Kier molecular flexibility index (Phi) is 6.27. The highest BCUT2D eigenvalue weighted by Gasteiger charge is 2.27. The van der Waals surface area contributed by atoms with E-state index in [2.05, 4.69) is 42.3 Å². The van der Waals surface area contributed by atoms with Gasteiger partial charge in [-0.1, -0.05) is 43.3 Å². The zero-order valence-electron chi connectivity index (χ0n) is 20.4. The van der Waals surface area contributed by atoms with Crippen LogP contribution >= 0.6 is 0 Å². The van der Waals surface area contributed by atoms with E-state index in [1.807, 2.05) is 60.5 Å². The Morgan fingerprint density at radius 1 is 1.03 bits per heavy atom. The number of carbonyl (C=O) groups is 1. The number of carbonyl (C=O) groups excluding carboxylic acids is 1. The van der Waals surface area contributed by atoms with E-state index >= 15 is 0 Å². The average Bonchev–Trinajstić information content (AvgIpc) is 2.88. The Hall–Kier alpha value is -4.06. The summed E-state index contributed by atoms with van der Waals surface area (Å²) in [6, 6.07) is 20.1. The summed E-state index contributed by atoms with van der Waals surface area (Å²) in [7, 11) is 0. The first-order valence-electron chi connectivity index (χ1n) is 12.1. The van der Waals surface area contributed by atoms with Crippen molar-refractivity contribution >= 4 is 11.7 Å². The van der Waals surface area contributed by atoms with Gasteiger partial charge in [-0.25, -0.2) is 14.8 Å². The number of fused-ring (bicyclic) bond motifs is 1. The minimum atomic E-state index is -0.105. The molecule has 2 amide bonds. The van der Waals surface area contributed by atoms with Crippen molar-refractivity contribution in [1.82, 2.24) is 19.9 Å². The lowest BCUT2D eigenvalue weighted by atomic mass is 9.96.